The van der Waals surface area contributed by atoms with Gasteiger partial charge in [-0.1, -0.05) is 38.1 Å². The number of ether oxygens (including phenoxy) is 2. The van der Waals surface area contributed by atoms with Crippen molar-refractivity contribution in [2.75, 3.05) is 11.9 Å². The van der Waals surface area contributed by atoms with Crippen LogP contribution in [0.4, 0.5) is 5.69 Å². The van der Waals surface area contributed by atoms with Crippen molar-refractivity contribution in [3.8, 4) is 5.75 Å². The summed E-state index contributed by atoms with van der Waals surface area (Å²) in [6.07, 6.45) is -1.03. The summed E-state index contributed by atoms with van der Waals surface area (Å²) in [5.41, 5.74) is 1.94. The summed E-state index contributed by atoms with van der Waals surface area (Å²) in [6.45, 7) is 6.76. The standard InChI is InChI=1S/C22H25NO5/c1-14(2)17-9-11-18(12-10-17)27-13-21(25)28-16(4)22(26)23-20-8-6-5-7-19(20)15(3)24/h5-12,14,16H,13H2,1-4H3,(H,23,26)/t16-/m1/s1. The second kappa shape index (κ2) is 9.69. The van der Waals surface area contributed by atoms with Gasteiger partial charge in [-0.3, -0.25) is 9.59 Å². The van der Waals surface area contributed by atoms with E-state index in [9.17, 15) is 14.4 Å². The smallest absolute Gasteiger partial charge is 0.344 e. The summed E-state index contributed by atoms with van der Waals surface area (Å²) in [5.74, 6) is -0.392. The lowest BCUT2D eigenvalue weighted by molar-refractivity contribution is -0.155. The van der Waals surface area contributed by atoms with Gasteiger partial charge in [0.1, 0.15) is 5.75 Å². The van der Waals surface area contributed by atoms with E-state index in [4.69, 9.17) is 9.47 Å². The first kappa shape index (κ1) is 21.2. The van der Waals surface area contributed by atoms with Crippen molar-refractivity contribution in [2.24, 2.45) is 0 Å². The Kier molecular flexibility index (Phi) is 7.32. The molecule has 0 aliphatic carbocycles. The first-order valence-corrected chi connectivity index (χ1v) is 9.11. The second-order valence-corrected chi connectivity index (χ2v) is 6.74. The summed E-state index contributed by atoms with van der Waals surface area (Å²) in [7, 11) is 0. The molecule has 148 valence electrons. The van der Waals surface area contributed by atoms with Crippen LogP contribution in [0.5, 0.6) is 5.75 Å². The molecule has 1 N–H and O–H groups in total. The maximum atomic E-state index is 12.3. The number of rotatable bonds is 8. The molecule has 0 heterocycles. The van der Waals surface area contributed by atoms with Crippen molar-refractivity contribution in [3.05, 3.63) is 59.7 Å². The van der Waals surface area contributed by atoms with Gasteiger partial charge >= 0.3 is 5.97 Å². The maximum Gasteiger partial charge on any atom is 0.344 e. The van der Waals surface area contributed by atoms with Crippen LogP contribution in [0.1, 0.15) is 49.5 Å². The molecular weight excluding hydrogens is 358 g/mol. The van der Waals surface area contributed by atoms with Crippen molar-refractivity contribution in [1.29, 1.82) is 0 Å². The first-order chi connectivity index (χ1) is 13.3. The van der Waals surface area contributed by atoms with Gasteiger partial charge in [0.15, 0.2) is 18.5 Å². The van der Waals surface area contributed by atoms with Gasteiger partial charge in [-0.25, -0.2) is 4.79 Å². The molecule has 0 fully saturated rings. The molecule has 2 aromatic carbocycles. The zero-order chi connectivity index (χ0) is 20.7. The third kappa shape index (κ3) is 5.94. The molecule has 2 rings (SSSR count). The maximum absolute atomic E-state index is 12.3. The summed E-state index contributed by atoms with van der Waals surface area (Å²) in [6, 6.07) is 14.1. The van der Waals surface area contributed by atoms with Crippen molar-refractivity contribution >= 4 is 23.3 Å². The zero-order valence-electron chi connectivity index (χ0n) is 16.5. The van der Waals surface area contributed by atoms with Gasteiger partial charge in [0, 0.05) is 5.56 Å². The van der Waals surface area contributed by atoms with E-state index in [1.807, 2.05) is 12.1 Å². The van der Waals surface area contributed by atoms with Gasteiger partial charge in [0.25, 0.3) is 5.91 Å². The molecule has 1 atom stereocenters. The number of nitrogens with one attached hydrogen (secondary N) is 1. The molecular formula is C22H25NO5. The lowest BCUT2D eigenvalue weighted by atomic mass is 10.0. The highest BCUT2D eigenvalue weighted by Crippen LogP contribution is 2.19. The summed E-state index contributed by atoms with van der Waals surface area (Å²) < 4.78 is 10.5. The molecule has 0 spiro atoms. The fourth-order valence-electron chi connectivity index (χ4n) is 2.51. The monoisotopic (exact) mass is 383 g/mol. The molecule has 0 aromatic heterocycles. The number of hydrogen-bond donors (Lipinski definition) is 1. The Bertz CT molecular complexity index is 842. The zero-order valence-corrected chi connectivity index (χ0v) is 16.5. The minimum Gasteiger partial charge on any atom is -0.482 e. The molecule has 6 nitrogen and oxygen atoms in total. The van der Waals surface area contributed by atoms with Crippen LogP contribution in [0.3, 0.4) is 0 Å². The van der Waals surface area contributed by atoms with Crippen molar-refractivity contribution in [1.82, 2.24) is 0 Å². The molecule has 28 heavy (non-hydrogen) atoms. The van der Waals surface area contributed by atoms with Gasteiger partial charge in [0.2, 0.25) is 0 Å². The Morgan fingerprint density at radius 3 is 2.21 bits per heavy atom. The number of amides is 1. The van der Waals surface area contributed by atoms with E-state index in [1.165, 1.54) is 19.4 Å². The van der Waals surface area contributed by atoms with Gasteiger partial charge in [-0.2, -0.15) is 0 Å². The van der Waals surface area contributed by atoms with Crippen LogP contribution in [-0.4, -0.2) is 30.4 Å². The summed E-state index contributed by atoms with van der Waals surface area (Å²) in [4.78, 5) is 35.8. The molecule has 0 saturated carbocycles. The van der Waals surface area contributed by atoms with E-state index in [2.05, 4.69) is 19.2 Å². The van der Waals surface area contributed by atoms with Gasteiger partial charge in [0.05, 0.1) is 5.69 Å². The Labute approximate surface area is 164 Å². The molecule has 0 radical (unpaired) electrons. The number of carbonyl (C=O) groups is 3. The number of ketones is 1. The van der Waals surface area contributed by atoms with Crippen molar-refractivity contribution in [2.45, 2.75) is 39.7 Å². The number of Topliss-reactive ketones (excluding diaryl/α,β-unsaturated/α-hetero) is 1. The van der Waals surface area contributed by atoms with E-state index in [1.54, 1.807) is 36.4 Å². The molecule has 0 bridgehead atoms. The van der Waals surface area contributed by atoms with Gasteiger partial charge in [-0.15, -0.1) is 0 Å². The second-order valence-electron chi connectivity index (χ2n) is 6.74. The van der Waals surface area contributed by atoms with E-state index >= 15 is 0 Å². The normalized spacial score (nSPS) is 11.6. The van der Waals surface area contributed by atoms with E-state index < -0.39 is 18.0 Å². The molecule has 0 aliphatic rings. The van der Waals surface area contributed by atoms with E-state index in [-0.39, 0.29) is 12.4 Å². The molecule has 6 heteroatoms. The Morgan fingerprint density at radius 2 is 1.61 bits per heavy atom. The van der Waals surface area contributed by atoms with E-state index in [0.29, 0.717) is 22.9 Å². The lowest BCUT2D eigenvalue weighted by Crippen LogP contribution is -2.32. The number of benzene rings is 2. The average Bonchev–Trinajstić information content (AvgIpc) is 2.66. The highest BCUT2D eigenvalue weighted by molar-refractivity contribution is 6.04. The van der Waals surface area contributed by atoms with Crippen LogP contribution < -0.4 is 10.1 Å². The fourth-order valence-corrected chi connectivity index (χ4v) is 2.51. The SMILES string of the molecule is CC(=O)c1ccccc1NC(=O)[C@@H](C)OC(=O)COc1ccc(C(C)C)cc1. The Balaban J connectivity index is 1.86. The summed E-state index contributed by atoms with van der Waals surface area (Å²) >= 11 is 0. The number of para-hydroxylation sites is 1. The van der Waals surface area contributed by atoms with Crippen LogP contribution in [0, 0.1) is 0 Å². The third-order valence-electron chi connectivity index (χ3n) is 4.15. The number of anilines is 1. The molecule has 0 unspecified atom stereocenters. The average molecular weight is 383 g/mol. The lowest BCUT2D eigenvalue weighted by Gasteiger charge is -2.15. The molecule has 1 amide bonds. The summed E-state index contributed by atoms with van der Waals surface area (Å²) in [5, 5.41) is 2.61. The predicted molar refractivity (Wildman–Crippen MR) is 107 cm³/mol. The Morgan fingerprint density at radius 1 is 0.964 bits per heavy atom. The molecule has 0 aliphatic heterocycles. The number of carbonyl (C=O) groups excluding carboxylic acids is 3. The highest BCUT2D eigenvalue weighted by Gasteiger charge is 2.20. The molecule has 0 saturated heterocycles. The topological polar surface area (TPSA) is 81.7 Å². The van der Waals surface area contributed by atoms with Crippen LogP contribution >= 0.6 is 0 Å². The van der Waals surface area contributed by atoms with Crippen molar-refractivity contribution in [3.63, 3.8) is 0 Å². The van der Waals surface area contributed by atoms with Crippen LogP contribution in [0.2, 0.25) is 0 Å². The van der Waals surface area contributed by atoms with Crippen molar-refractivity contribution < 1.29 is 23.9 Å². The quantitative estimate of drug-likeness (QED) is 0.551. The van der Waals surface area contributed by atoms with Crippen LogP contribution in [0.15, 0.2) is 48.5 Å². The molecule has 2 aromatic rings. The van der Waals surface area contributed by atoms with Crippen LogP contribution in [-0.2, 0) is 14.3 Å². The van der Waals surface area contributed by atoms with E-state index in [0.717, 1.165) is 0 Å². The predicted octanol–water partition coefficient (Wildman–Crippen LogP) is 3.96. The number of hydrogen-bond acceptors (Lipinski definition) is 5. The minimum atomic E-state index is -1.03. The fraction of sp³-hybridized carbons (Fsp3) is 0.318. The third-order valence-corrected chi connectivity index (χ3v) is 4.15. The first-order valence-electron chi connectivity index (χ1n) is 9.11. The van der Waals surface area contributed by atoms with Gasteiger partial charge < -0.3 is 14.8 Å². The largest absolute Gasteiger partial charge is 0.482 e. The Hall–Kier alpha value is -3.15. The minimum absolute atomic E-state index is 0.169. The number of esters is 1. The highest BCUT2D eigenvalue weighted by atomic mass is 16.6. The van der Waals surface area contributed by atoms with Gasteiger partial charge in [-0.05, 0) is 49.6 Å². The van der Waals surface area contributed by atoms with Crippen LogP contribution in [0.25, 0.3) is 0 Å².